The summed E-state index contributed by atoms with van der Waals surface area (Å²) in [7, 11) is -3.13. The number of hydrogen-bond donors (Lipinski definition) is 1. The van der Waals surface area contributed by atoms with Crippen molar-refractivity contribution < 1.29 is 8.42 Å². The van der Waals surface area contributed by atoms with Gasteiger partial charge in [-0.15, -0.1) is 0 Å². The van der Waals surface area contributed by atoms with Crippen LogP contribution in [0.25, 0.3) is 0 Å². The zero-order chi connectivity index (χ0) is 15.6. The van der Waals surface area contributed by atoms with Gasteiger partial charge in [-0.2, -0.15) is 0 Å². The van der Waals surface area contributed by atoms with E-state index in [2.05, 4.69) is 34.5 Å². The molecular weight excluding hydrogens is 296 g/mol. The number of sulfone groups is 1. The first-order valence-electron chi connectivity index (χ1n) is 7.36. The molecule has 1 aliphatic rings. The smallest absolute Gasteiger partial charge is 0.175 e. The molecule has 2 aromatic carbocycles. The van der Waals surface area contributed by atoms with Crippen molar-refractivity contribution in [2.45, 2.75) is 18.0 Å². The van der Waals surface area contributed by atoms with Crippen LogP contribution >= 0.6 is 0 Å². The van der Waals surface area contributed by atoms with Gasteiger partial charge in [0.1, 0.15) is 0 Å². The van der Waals surface area contributed by atoms with E-state index in [4.69, 9.17) is 0 Å². The van der Waals surface area contributed by atoms with Crippen LogP contribution in [0.15, 0.2) is 53.4 Å². The topological polar surface area (TPSA) is 49.4 Å². The van der Waals surface area contributed by atoms with Gasteiger partial charge in [0.2, 0.25) is 0 Å². The van der Waals surface area contributed by atoms with Crippen LogP contribution in [0, 0.1) is 0 Å². The van der Waals surface area contributed by atoms with Crippen molar-refractivity contribution in [3.8, 4) is 0 Å². The molecule has 5 heteroatoms. The number of nitrogens with one attached hydrogen (secondary N) is 1. The summed E-state index contributed by atoms with van der Waals surface area (Å²) >= 11 is 0. The Bertz CT molecular complexity index is 754. The van der Waals surface area contributed by atoms with E-state index in [1.165, 1.54) is 17.5 Å². The highest BCUT2D eigenvalue weighted by atomic mass is 32.2. The molecule has 0 fully saturated rings. The molecule has 0 radical (unpaired) electrons. The molecule has 0 unspecified atom stereocenters. The Morgan fingerprint density at radius 1 is 1.09 bits per heavy atom. The van der Waals surface area contributed by atoms with E-state index in [1.807, 2.05) is 12.1 Å². The minimum atomic E-state index is -3.13. The predicted octanol–water partition coefficient (Wildman–Crippen LogP) is 2.20. The normalized spacial score (nSPS) is 15.2. The lowest BCUT2D eigenvalue weighted by atomic mass is 10.1. The van der Waals surface area contributed by atoms with E-state index in [9.17, 15) is 8.42 Å². The minimum absolute atomic E-state index is 0.370. The van der Waals surface area contributed by atoms with Crippen molar-refractivity contribution in [2.24, 2.45) is 0 Å². The highest BCUT2D eigenvalue weighted by Gasteiger charge is 2.15. The van der Waals surface area contributed by atoms with Crippen molar-refractivity contribution >= 4 is 15.5 Å². The van der Waals surface area contributed by atoms with Gasteiger partial charge in [0.15, 0.2) is 9.84 Å². The van der Waals surface area contributed by atoms with E-state index < -0.39 is 9.84 Å². The molecular formula is C17H20N2O2S. The standard InChI is InChI=1S/C17H20N2O2S/c1-22(20,21)16-8-6-14(7-9-16)13-19-11-10-18-12-15-4-2-3-5-17(15)19/h2-9,18H,10-13H2,1H3. The van der Waals surface area contributed by atoms with Gasteiger partial charge in [-0.05, 0) is 29.3 Å². The zero-order valence-corrected chi connectivity index (χ0v) is 13.4. The van der Waals surface area contributed by atoms with E-state index in [0.29, 0.717) is 4.90 Å². The maximum Gasteiger partial charge on any atom is 0.175 e. The third-order valence-electron chi connectivity index (χ3n) is 3.93. The van der Waals surface area contributed by atoms with Gasteiger partial charge in [-0.25, -0.2) is 8.42 Å². The number of rotatable bonds is 3. The van der Waals surface area contributed by atoms with Crippen molar-refractivity contribution in [2.75, 3.05) is 24.2 Å². The first-order valence-corrected chi connectivity index (χ1v) is 9.26. The lowest BCUT2D eigenvalue weighted by Gasteiger charge is -2.24. The maximum absolute atomic E-state index is 11.5. The average molecular weight is 316 g/mol. The average Bonchev–Trinajstić information content (AvgIpc) is 2.70. The van der Waals surface area contributed by atoms with Crippen LogP contribution in [-0.2, 0) is 22.9 Å². The predicted molar refractivity (Wildman–Crippen MR) is 88.8 cm³/mol. The second kappa shape index (κ2) is 6.10. The number of anilines is 1. The molecule has 22 heavy (non-hydrogen) atoms. The second-order valence-corrected chi connectivity index (χ2v) is 7.66. The van der Waals surface area contributed by atoms with Crippen LogP contribution in [-0.4, -0.2) is 27.8 Å². The Balaban J connectivity index is 1.84. The molecule has 4 nitrogen and oxygen atoms in total. The Morgan fingerprint density at radius 2 is 1.82 bits per heavy atom. The number of para-hydroxylation sites is 1. The van der Waals surface area contributed by atoms with Crippen molar-refractivity contribution in [3.63, 3.8) is 0 Å². The fourth-order valence-corrected chi connectivity index (χ4v) is 3.38. The fraction of sp³-hybridized carbons (Fsp3) is 0.294. The number of nitrogens with zero attached hydrogens (tertiary/aromatic N) is 1. The first-order chi connectivity index (χ1) is 10.5. The minimum Gasteiger partial charge on any atom is -0.366 e. The van der Waals surface area contributed by atoms with Crippen molar-refractivity contribution in [3.05, 3.63) is 59.7 Å². The third kappa shape index (κ3) is 3.31. The van der Waals surface area contributed by atoms with E-state index in [0.717, 1.165) is 31.7 Å². The van der Waals surface area contributed by atoms with E-state index in [-0.39, 0.29) is 0 Å². The van der Waals surface area contributed by atoms with Crippen LogP contribution in [0.3, 0.4) is 0 Å². The van der Waals surface area contributed by atoms with Crippen molar-refractivity contribution in [1.29, 1.82) is 0 Å². The summed E-state index contributed by atoms with van der Waals surface area (Å²) in [6.45, 7) is 3.55. The summed E-state index contributed by atoms with van der Waals surface area (Å²) in [6.07, 6.45) is 1.23. The van der Waals surface area contributed by atoms with Gasteiger partial charge in [0, 0.05) is 38.1 Å². The quantitative estimate of drug-likeness (QED) is 0.943. The van der Waals surface area contributed by atoms with Crippen LogP contribution in [0.5, 0.6) is 0 Å². The highest BCUT2D eigenvalue weighted by Crippen LogP contribution is 2.24. The molecule has 1 N–H and O–H groups in total. The van der Waals surface area contributed by atoms with Gasteiger partial charge >= 0.3 is 0 Å². The summed E-state index contributed by atoms with van der Waals surface area (Å²) in [5, 5.41) is 3.43. The summed E-state index contributed by atoms with van der Waals surface area (Å²) in [5.74, 6) is 0. The molecule has 0 atom stereocenters. The summed E-state index contributed by atoms with van der Waals surface area (Å²) in [4.78, 5) is 2.71. The lowest BCUT2D eigenvalue weighted by Crippen LogP contribution is -2.28. The van der Waals surface area contributed by atoms with Gasteiger partial charge < -0.3 is 10.2 Å². The SMILES string of the molecule is CS(=O)(=O)c1ccc(CN2CCNCc3ccccc32)cc1. The number of hydrogen-bond acceptors (Lipinski definition) is 4. The summed E-state index contributed by atoms with van der Waals surface area (Å²) in [6, 6.07) is 15.6. The summed E-state index contributed by atoms with van der Waals surface area (Å²) < 4.78 is 23.0. The van der Waals surface area contributed by atoms with Crippen LogP contribution < -0.4 is 10.2 Å². The largest absolute Gasteiger partial charge is 0.366 e. The molecule has 116 valence electrons. The van der Waals surface area contributed by atoms with Crippen LogP contribution in [0.2, 0.25) is 0 Å². The zero-order valence-electron chi connectivity index (χ0n) is 12.6. The Kier molecular flexibility index (Phi) is 4.18. The molecule has 0 spiro atoms. The molecule has 0 saturated heterocycles. The molecule has 0 bridgehead atoms. The van der Waals surface area contributed by atoms with Gasteiger partial charge in [0.05, 0.1) is 4.90 Å². The third-order valence-corrected chi connectivity index (χ3v) is 5.06. The Hall–Kier alpha value is -1.85. The monoisotopic (exact) mass is 316 g/mol. The maximum atomic E-state index is 11.5. The summed E-state index contributed by atoms with van der Waals surface area (Å²) in [5.41, 5.74) is 3.66. The Labute approximate surface area is 131 Å². The number of benzene rings is 2. The van der Waals surface area contributed by atoms with Crippen LogP contribution in [0.4, 0.5) is 5.69 Å². The van der Waals surface area contributed by atoms with Crippen molar-refractivity contribution in [1.82, 2.24) is 5.32 Å². The first kappa shape index (κ1) is 15.1. The molecule has 3 rings (SSSR count). The van der Waals surface area contributed by atoms with Gasteiger partial charge in [-0.1, -0.05) is 30.3 Å². The molecule has 1 aliphatic heterocycles. The lowest BCUT2D eigenvalue weighted by molar-refractivity contribution is 0.602. The van der Waals surface area contributed by atoms with Crippen LogP contribution in [0.1, 0.15) is 11.1 Å². The van der Waals surface area contributed by atoms with E-state index >= 15 is 0 Å². The second-order valence-electron chi connectivity index (χ2n) is 5.64. The fourth-order valence-electron chi connectivity index (χ4n) is 2.75. The van der Waals surface area contributed by atoms with Gasteiger partial charge in [-0.3, -0.25) is 0 Å². The molecule has 1 heterocycles. The van der Waals surface area contributed by atoms with Gasteiger partial charge in [0.25, 0.3) is 0 Å². The highest BCUT2D eigenvalue weighted by molar-refractivity contribution is 7.90. The Morgan fingerprint density at radius 3 is 2.55 bits per heavy atom. The molecule has 0 aliphatic carbocycles. The number of fused-ring (bicyclic) bond motifs is 1. The molecule has 2 aromatic rings. The molecule has 0 aromatic heterocycles. The molecule has 0 saturated carbocycles. The van der Waals surface area contributed by atoms with E-state index in [1.54, 1.807) is 12.1 Å². The molecule has 0 amide bonds.